The summed E-state index contributed by atoms with van der Waals surface area (Å²) in [6, 6.07) is -0.0441. The van der Waals surface area contributed by atoms with E-state index in [-0.39, 0.29) is 32.3 Å². The average molecular weight is 296 g/mol. The molecule has 0 saturated heterocycles. The molecule has 0 aromatic carbocycles. The van der Waals surface area contributed by atoms with Gasteiger partial charge in [0.05, 0.1) is 12.5 Å². The normalized spacial score (nSPS) is 10.3. The number of nitrogens with one attached hydrogen (secondary N) is 2. The first-order valence-electron chi connectivity index (χ1n) is 6.26. The highest BCUT2D eigenvalue weighted by Gasteiger charge is 2.02. The highest BCUT2D eigenvalue weighted by atomic mass is 16.4. The molecule has 0 aliphatic carbocycles. The van der Waals surface area contributed by atoms with Crippen molar-refractivity contribution in [1.82, 2.24) is 10.6 Å². The quantitative estimate of drug-likeness (QED) is 0.208. The number of amides is 1. The fourth-order valence-electron chi connectivity index (χ4n) is 1.16. The van der Waals surface area contributed by atoms with Crippen LogP contribution in [0.5, 0.6) is 0 Å². The highest BCUT2D eigenvalue weighted by Crippen LogP contribution is 1.97. The van der Waals surface area contributed by atoms with Gasteiger partial charge in [-0.15, -0.1) is 0 Å². The van der Waals surface area contributed by atoms with Gasteiger partial charge >= 0.3 is 5.97 Å². The molecule has 0 aromatic heterocycles. The van der Waals surface area contributed by atoms with Gasteiger partial charge in [-0.2, -0.15) is 0 Å². The molecule has 0 aliphatic rings. The largest absolute Gasteiger partial charge is 0.481 e. The predicted octanol–water partition coefficient (Wildman–Crippen LogP) is 0.136. The summed E-state index contributed by atoms with van der Waals surface area (Å²) in [6.45, 7) is 2.43. The molecule has 0 radical (unpaired) electrons. The first-order valence-corrected chi connectivity index (χ1v) is 6.26. The lowest BCUT2D eigenvalue weighted by molar-refractivity contribution is -0.136. The molecular formula is C13H29N3O4. The van der Waals surface area contributed by atoms with E-state index >= 15 is 0 Å². The van der Waals surface area contributed by atoms with E-state index in [1.165, 1.54) is 6.92 Å². The SMILES string of the molecule is C[13C](=O)NCCCCC(C=O)N[13CH3].[13CH4].[15NH2][13CH2]CC(=O)O. The molecule has 7 heteroatoms. The van der Waals surface area contributed by atoms with Crippen molar-refractivity contribution >= 4 is 18.2 Å². The summed E-state index contributed by atoms with van der Waals surface area (Å²) in [7, 11) is 1.77. The van der Waals surface area contributed by atoms with E-state index in [4.69, 9.17) is 10.8 Å². The lowest BCUT2D eigenvalue weighted by Gasteiger charge is -2.07. The van der Waals surface area contributed by atoms with Gasteiger partial charge in [0.1, 0.15) is 6.29 Å². The van der Waals surface area contributed by atoms with Crippen molar-refractivity contribution < 1.29 is 19.5 Å². The molecule has 0 rings (SSSR count). The second kappa shape index (κ2) is 17.5. The Bertz CT molecular complexity index is 260. The molecule has 0 aliphatic heterocycles. The molecule has 1 atom stereocenters. The van der Waals surface area contributed by atoms with E-state index in [9.17, 15) is 14.4 Å². The monoisotopic (exact) mass is 296 g/mol. The zero-order valence-electron chi connectivity index (χ0n) is 11.6. The summed E-state index contributed by atoms with van der Waals surface area (Å²) in [5, 5.41) is 13.4. The van der Waals surface area contributed by atoms with Crippen LogP contribution in [0.2, 0.25) is 0 Å². The van der Waals surface area contributed by atoms with Crippen LogP contribution in [-0.4, -0.2) is 49.4 Å². The summed E-state index contributed by atoms with van der Waals surface area (Å²) < 4.78 is 0. The molecule has 0 saturated carbocycles. The maximum atomic E-state index is 10.5. The predicted molar refractivity (Wildman–Crippen MR) is 79.5 cm³/mol. The van der Waals surface area contributed by atoms with Crippen molar-refractivity contribution in [1.29, 1.82) is 0 Å². The molecule has 5 N–H and O–H groups in total. The Hall–Kier alpha value is -1.47. The third-order valence-corrected chi connectivity index (χ3v) is 2.21. The maximum Gasteiger partial charge on any atom is 0.304 e. The van der Waals surface area contributed by atoms with E-state index in [2.05, 4.69) is 10.6 Å². The molecule has 0 heterocycles. The number of carboxylic acids is 1. The van der Waals surface area contributed by atoms with Crippen LogP contribution in [0.3, 0.4) is 0 Å². The zero-order chi connectivity index (χ0) is 15.1. The Balaban J connectivity index is -0.000000352. The number of nitrogens with two attached hydrogens (primary N) is 1. The summed E-state index contributed by atoms with van der Waals surface area (Å²) in [6.07, 6.45) is 3.69. The minimum Gasteiger partial charge on any atom is -0.481 e. The van der Waals surface area contributed by atoms with Gasteiger partial charge in [0.25, 0.3) is 0 Å². The molecule has 1 unspecified atom stereocenters. The van der Waals surface area contributed by atoms with Gasteiger partial charge in [-0.3, -0.25) is 9.59 Å². The van der Waals surface area contributed by atoms with Crippen LogP contribution in [0.15, 0.2) is 0 Å². The van der Waals surface area contributed by atoms with Crippen molar-refractivity contribution in [3.8, 4) is 0 Å². The topological polar surface area (TPSA) is 122 Å². The number of carbonyl (C=O) groups excluding carboxylic acids is 2. The third-order valence-electron chi connectivity index (χ3n) is 2.21. The molecule has 20 heavy (non-hydrogen) atoms. The molecule has 7 nitrogen and oxygen atoms in total. The second-order valence-electron chi connectivity index (χ2n) is 3.94. The van der Waals surface area contributed by atoms with Crippen molar-refractivity contribution in [2.75, 3.05) is 20.1 Å². The average Bonchev–Trinajstić information content (AvgIpc) is 2.34. The molecule has 0 spiro atoms. The van der Waals surface area contributed by atoms with Crippen LogP contribution in [-0.2, 0) is 14.4 Å². The molecule has 120 valence electrons. The fourth-order valence-corrected chi connectivity index (χ4v) is 1.16. The Kier molecular flexibility index (Phi) is 20.7. The third kappa shape index (κ3) is 21.8. The van der Waals surface area contributed by atoms with E-state index in [1.807, 2.05) is 0 Å². The number of carboxylic acid groups (broad SMARTS) is 1. The van der Waals surface area contributed by atoms with Gasteiger partial charge in [-0.1, -0.05) is 7.43 Å². The smallest absolute Gasteiger partial charge is 0.304 e. The van der Waals surface area contributed by atoms with Crippen LogP contribution < -0.4 is 16.4 Å². The van der Waals surface area contributed by atoms with Gasteiger partial charge in [-0.25, -0.2) is 0 Å². The van der Waals surface area contributed by atoms with E-state index in [0.717, 1.165) is 25.5 Å². The minimum atomic E-state index is -0.836. The van der Waals surface area contributed by atoms with Crippen LogP contribution in [0.4, 0.5) is 0 Å². The Morgan fingerprint density at radius 3 is 2.25 bits per heavy atom. The summed E-state index contributed by atoms with van der Waals surface area (Å²) in [5.41, 5.74) is 4.85. The van der Waals surface area contributed by atoms with Gasteiger partial charge < -0.3 is 26.3 Å². The van der Waals surface area contributed by atoms with E-state index in [0.29, 0.717) is 6.54 Å². The van der Waals surface area contributed by atoms with Gasteiger partial charge in [0.2, 0.25) is 5.91 Å². The molecular weight excluding hydrogens is 267 g/mol. The number of unbranched alkanes of at least 4 members (excludes halogenated alkanes) is 1. The van der Waals surface area contributed by atoms with Gasteiger partial charge in [0, 0.05) is 20.0 Å². The maximum absolute atomic E-state index is 10.5. The minimum absolute atomic E-state index is 0. The first-order chi connectivity index (χ1) is 8.97. The van der Waals surface area contributed by atoms with E-state index in [1.54, 1.807) is 7.05 Å². The van der Waals surface area contributed by atoms with Gasteiger partial charge in [-0.05, 0) is 26.3 Å². The number of likely N-dealkylation sites (N-methyl/N-ethyl adjacent to an activating group) is 1. The number of rotatable bonds is 9. The Morgan fingerprint density at radius 1 is 1.35 bits per heavy atom. The lowest BCUT2D eigenvalue weighted by atomic mass is 10.1. The highest BCUT2D eigenvalue weighted by molar-refractivity contribution is 5.72. The van der Waals surface area contributed by atoms with Crippen LogP contribution >= 0.6 is 0 Å². The summed E-state index contributed by atoms with van der Waals surface area (Å²) >= 11 is 0. The standard InChI is InChI=1S/C9H18N2O2.C3H7NO2.CH4/c1-8(13)11-6-4-3-5-9(7-12)10-2;4-2-1-3(5)6;/h7,9-10H,3-6H2,1-2H3,(H,11,13);1-2,4H2,(H,5,6);1H4/i2+1,8+1;2+1,4+1;1+1. The Morgan fingerprint density at radius 2 is 1.95 bits per heavy atom. The number of hydrogen-bond donors (Lipinski definition) is 4. The van der Waals surface area contributed by atoms with Crippen LogP contribution in [0, 0.1) is 0 Å². The van der Waals surface area contributed by atoms with E-state index < -0.39 is 5.97 Å². The van der Waals surface area contributed by atoms with Gasteiger partial charge in [0.15, 0.2) is 0 Å². The molecule has 0 aromatic rings. The first kappa shape index (κ1) is 23.6. The number of hydrogen-bond acceptors (Lipinski definition) is 5. The zero-order valence-corrected chi connectivity index (χ0v) is 11.6. The summed E-state index contributed by atoms with van der Waals surface area (Å²) in [5.74, 6) is -0.835. The number of carbonyl (C=O) groups is 3. The summed E-state index contributed by atoms with van der Waals surface area (Å²) in [4.78, 5) is 30.4. The Labute approximate surface area is 121 Å². The molecule has 1 amide bonds. The fraction of sp³-hybridized carbons (Fsp3) is 0.769. The van der Waals surface area contributed by atoms with Crippen LogP contribution in [0.25, 0.3) is 0 Å². The van der Waals surface area contributed by atoms with Crippen molar-refractivity contribution in [3.05, 3.63) is 0 Å². The second-order valence-corrected chi connectivity index (χ2v) is 3.94. The molecule has 0 bridgehead atoms. The van der Waals surface area contributed by atoms with Crippen LogP contribution in [0.1, 0.15) is 40.0 Å². The van der Waals surface area contributed by atoms with Crippen molar-refractivity contribution in [2.24, 2.45) is 5.73 Å². The van der Waals surface area contributed by atoms with Crippen molar-refractivity contribution in [2.45, 2.75) is 46.1 Å². The number of aliphatic carboxylic acids is 1. The van der Waals surface area contributed by atoms with Crippen molar-refractivity contribution in [3.63, 3.8) is 0 Å². The molecule has 0 fully saturated rings. The number of aldehydes is 1. The lowest BCUT2D eigenvalue weighted by Crippen LogP contribution is -2.27.